The zero-order valence-electron chi connectivity index (χ0n) is 8.77. The topological polar surface area (TPSA) is 24.5 Å². The first kappa shape index (κ1) is 11.3. The van der Waals surface area contributed by atoms with E-state index in [1.54, 1.807) is 12.1 Å². The Hall–Kier alpha value is -1.20. The van der Waals surface area contributed by atoms with Gasteiger partial charge in [-0.3, -0.25) is 0 Å². The normalized spacial score (nSPS) is 27.4. The van der Waals surface area contributed by atoms with Gasteiger partial charge in [-0.15, -0.1) is 4.48 Å². The standard InChI is InChI=1S/C11H14F2N2O/c12-10-6-7-16-8-15(13)11(10)14-9-4-2-1-3-5-9/h1-5,10-11,14H,6-8H2. The fourth-order valence-corrected chi connectivity index (χ4v) is 1.63. The molecule has 1 heterocycles. The summed E-state index contributed by atoms with van der Waals surface area (Å²) in [7, 11) is 0. The highest BCUT2D eigenvalue weighted by Crippen LogP contribution is 2.19. The van der Waals surface area contributed by atoms with Crippen LogP contribution in [0.15, 0.2) is 30.3 Å². The average Bonchev–Trinajstić information content (AvgIpc) is 2.46. The highest BCUT2D eigenvalue weighted by molar-refractivity contribution is 5.43. The molecule has 1 N–H and O–H groups in total. The fourth-order valence-electron chi connectivity index (χ4n) is 1.63. The number of para-hydroxylation sites is 1. The van der Waals surface area contributed by atoms with E-state index in [1.807, 2.05) is 18.2 Å². The quantitative estimate of drug-likeness (QED) is 0.786. The van der Waals surface area contributed by atoms with Crippen molar-refractivity contribution >= 4 is 5.69 Å². The molecule has 88 valence electrons. The number of ether oxygens (including phenoxy) is 1. The minimum atomic E-state index is -1.28. The summed E-state index contributed by atoms with van der Waals surface area (Å²) in [6, 6.07) is 9.01. The Morgan fingerprint density at radius 3 is 2.81 bits per heavy atom. The number of hydrogen-bond acceptors (Lipinski definition) is 3. The van der Waals surface area contributed by atoms with Crippen molar-refractivity contribution in [3.8, 4) is 0 Å². The molecule has 2 unspecified atom stereocenters. The molecule has 2 atom stereocenters. The van der Waals surface area contributed by atoms with Crippen molar-refractivity contribution in [2.45, 2.75) is 18.8 Å². The van der Waals surface area contributed by atoms with Gasteiger partial charge in [0.25, 0.3) is 0 Å². The lowest BCUT2D eigenvalue weighted by Crippen LogP contribution is -2.42. The highest BCUT2D eigenvalue weighted by Gasteiger charge is 2.30. The van der Waals surface area contributed by atoms with E-state index in [0.717, 1.165) is 0 Å². The number of halogens is 2. The zero-order chi connectivity index (χ0) is 11.4. The average molecular weight is 228 g/mol. The molecule has 1 saturated heterocycles. The second-order valence-corrected chi connectivity index (χ2v) is 3.70. The van der Waals surface area contributed by atoms with Crippen LogP contribution in [0, 0.1) is 0 Å². The number of benzene rings is 1. The summed E-state index contributed by atoms with van der Waals surface area (Å²) < 4.78 is 32.0. The zero-order valence-corrected chi connectivity index (χ0v) is 8.77. The third-order valence-electron chi connectivity index (χ3n) is 2.49. The van der Waals surface area contributed by atoms with Crippen LogP contribution in [0.4, 0.5) is 14.6 Å². The molecule has 0 spiro atoms. The molecule has 0 radical (unpaired) electrons. The monoisotopic (exact) mass is 228 g/mol. The van der Waals surface area contributed by atoms with Gasteiger partial charge in [-0.25, -0.2) is 4.39 Å². The van der Waals surface area contributed by atoms with E-state index in [-0.39, 0.29) is 19.8 Å². The van der Waals surface area contributed by atoms with Gasteiger partial charge < -0.3 is 10.1 Å². The SMILES string of the molecule is FC1CCOCN(F)C1Nc1ccccc1. The van der Waals surface area contributed by atoms with E-state index in [2.05, 4.69) is 5.32 Å². The highest BCUT2D eigenvalue weighted by atomic mass is 19.2. The van der Waals surface area contributed by atoms with Crippen molar-refractivity contribution < 1.29 is 13.6 Å². The van der Waals surface area contributed by atoms with Crippen LogP contribution in [0.2, 0.25) is 0 Å². The summed E-state index contributed by atoms with van der Waals surface area (Å²) >= 11 is 0. The van der Waals surface area contributed by atoms with Crippen LogP contribution >= 0.6 is 0 Å². The number of nitrogens with one attached hydrogen (secondary N) is 1. The number of hydrogen-bond donors (Lipinski definition) is 1. The summed E-state index contributed by atoms with van der Waals surface area (Å²) in [5, 5.41) is 3.17. The molecular weight excluding hydrogens is 214 g/mol. The van der Waals surface area contributed by atoms with Crippen molar-refractivity contribution in [1.82, 2.24) is 5.12 Å². The maximum Gasteiger partial charge on any atom is 0.142 e. The molecule has 0 bridgehead atoms. The van der Waals surface area contributed by atoms with Gasteiger partial charge in [0.2, 0.25) is 0 Å². The van der Waals surface area contributed by atoms with Gasteiger partial charge >= 0.3 is 0 Å². The van der Waals surface area contributed by atoms with E-state index < -0.39 is 12.3 Å². The molecule has 3 nitrogen and oxygen atoms in total. The van der Waals surface area contributed by atoms with Gasteiger partial charge in [0.05, 0.1) is 6.61 Å². The Bertz CT molecular complexity index is 311. The van der Waals surface area contributed by atoms with Gasteiger partial charge in [0.1, 0.15) is 19.1 Å². The van der Waals surface area contributed by atoms with Gasteiger partial charge in [-0.05, 0) is 12.1 Å². The van der Waals surface area contributed by atoms with E-state index in [1.165, 1.54) is 0 Å². The molecule has 1 aliphatic rings. The molecule has 2 rings (SSSR count). The minimum absolute atomic E-state index is 0.199. The summed E-state index contributed by atoms with van der Waals surface area (Å²) in [5.41, 5.74) is 0.694. The van der Waals surface area contributed by atoms with Gasteiger partial charge in [-0.1, -0.05) is 23.3 Å². The maximum absolute atomic E-state index is 13.6. The van der Waals surface area contributed by atoms with Gasteiger partial charge in [0.15, 0.2) is 0 Å². The predicted octanol–water partition coefficient (Wildman–Crippen LogP) is 2.33. The first-order valence-corrected chi connectivity index (χ1v) is 5.23. The number of nitrogens with zero attached hydrogens (tertiary/aromatic N) is 1. The lowest BCUT2D eigenvalue weighted by atomic mass is 10.2. The molecule has 1 aromatic rings. The van der Waals surface area contributed by atoms with Crippen LogP contribution < -0.4 is 5.32 Å². The van der Waals surface area contributed by atoms with Crippen molar-refractivity contribution in [3.63, 3.8) is 0 Å². The fraction of sp³-hybridized carbons (Fsp3) is 0.455. The summed E-state index contributed by atoms with van der Waals surface area (Å²) in [5.74, 6) is 0. The molecule has 0 aliphatic carbocycles. The Morgan fingerprint density at radius 2 is 2.06 bits per heavy atom. The number of anilines is 1. The van der Waals surface area contributed by atoms with Gasteiger partial charge in [-0.2, -0.15) is 0 Å². The van der Waals surface area contributed by atoms with E-state index >= 15 is 0 Å². The Morgan fingerprint density at radius 1 is 1.31 bits per heavy atom. The molecule has 1 aromatic carbocycles. The number of alkyl halides is 1. The molecular formula is C11H14F2N2O. The third kappa shape index (κ3) is 2.68. The first-order chi connectivity index (χ1) is 7.77. The Labute approximate surface area is 92.9 Å². The molecule has 5 heteroatoms. The number of rotatable bonds is 2. The lowest BCUT2D eigenvalue weighted by Gasteiger charge is -2.25. The molecule has 1 aliphatic heterocycles. The van der Waals surface area contributed by atoms with Crippen LogP contribution in [-0.2, 0) is 4.74 Å². The molecule has 16 heavy (non-hydrogen) atoms. The molecule has 0 saturated carbocycles. The Kier molecular flexibility index (Phi) is 3.69. The second-order valence-electron chi connectivity index (χ2n) is 3.70. The smallest absolute Gasteiger partial charge is 0.142 e. The first-order valence-electron chi connectivity index (χ1n) is 5.23. The van der Waals surface area contributed by atoms with Crippen LogP contribution in [-0.4, -0.2) is 30.8 Å². The summed E-state index contributed by atoms with van der Waals surface area (Å²) in [6.07, 6.45) is -2.07. The third-order valence-corrected chi connectivity index (χ3v) is 2.49. The van der Waals surface area contributed by atoms with E-state index in [0.29, 0.717) is 10.8 Å². The molecule has 1 fully saturated rings. The van der Waals surface area contributed by atoms with Crippen molar-refractivity contribution in [2.75, 3.05) is 18.7 Å². The van der Waals surface area contributed by atoms with Crippen LogP contribution in [0.3, 0.4) is 0 Å². The second kappa shape index (κ2) is 5.23. The van der Waals surface area contributed by atoms with Gasteiger partial charge in [0, 0.05) is 12.1 Å². The van der Waals surface area contributed by atoms with Crippen LogP contribution in [0.5, 0.6) is 0 Å². The van der Waals surface area contributed by atoms with Crippen molar-refractivity contribution in [1.29, 1.82) is 0 Å². The van der Waals surface area contributed by atoms with Crippen LogP contribution in [0.1, 0.15) is 6.42 Å². The molecule has 0 amide bonds. The van der Waals surface area contributed by atoms with Crippen molar-refractivity contribution in [3.05, 3.63) is 30.3 Å². The summed E-state index contributed by atoms with van der Waals surface area (Å²) in [6.45, 7) is 0.0411. The molecule has 0 aromatic heterocycles. The van der Waals surface area contributed by atoms with E-state index in [4.69, 9.17) is 4.74 Å². The minimum Gasteiger partial charge on any atom is -0.365 e. The maximum atomic E-state index is 13.6. The predicted molar refractivity (Wildman–Crippen MR) is 57.1 cm³/mol. The van der Waals surface area contributed by atoms with E-state index in [9.17, 15) is 8.87 Å². The summed E-state index contributed by atoms with van der Waals surface area (Å²) in [4.78, 5) is 0. The van der Waals surface area contributed by atoms with Crippen LogP contribution in [0.25, 0.3) is 0 Å². The van der Waals surface area contributed by atoms with Crippen molar-refractivity contribution in [2.24, 2.45) is 0 Å². The lowest BCUT2D eigenvalue weighted by molar-refractivity contribution is -0.0986. The largest absolute Gasteiger partial charge is 0.365 e. The Balaban J connectivity index is 2.06.